The Morgan fingerprint density at radius 2 is 1.77 bits per heavy atom. The number of nitrogens with one attached hydrogen (secondary N) is 3. The molecule has 5 unspecified atom stereocenters. The number of hydrogen-bond donors (Lipinski definition) is 3. The Hall–Kier alpha value is -3.32. The number of likely N-dealkylation sites (tertiary alicyclic amines) is 1. The molecule has 0 bridgehead atoms. The Bertz CT molecular complexity index is 1110. The predicted molar refractivity (Wildman–Crippen MR) is 151 cm³/mol. The van der Waals surface area contributed by atoms with Gasteiger partial charge in [0.1, 0.15) is 30.3 Å². The summed E-state index contributed by atoms with van der Waals surface area (Å²) >= 11 is 0. The number of carbonyl (C=O) groups excluding carboxylic acids is 5. The average Bonchev–Trinajstić information content (AvgIpc) is 3.64. The standard InChI is InChI=1S/C28H43F2N7O6/c1-4-5-11-19(24(40)35-20(23(39)27(3)16-43-27)12-18-9-7-6-8-10-18)34-25(41)21-13-28(29,30)15-37(21)26(42)17(2)33-22(38)14-32-36-31/h17-21H,4-16H2,1-3H3,(H,33,38)(H,34,41)(H,35,40). The number of azide groups is 1. The van der Waals surface area contributed by atoms with Gasteiger partial charge in [0.05, 0.1) is 19.2 Å². The number of carbonyl (C=O) groups is 5. The smallest absolute Gasteiger partial charge is 0.267 e. The second-order valence-electron chi connectivity index (χ2n) is 12.1. The minimum absolute atomic E-state index is 0.203. The third kappa shape index (κ3) is 9.59. The summed E-state index contributed by atoms with van der Waals surface area (Å²) in [6.45, 7) is 3.49. The van der Waals surface area contributed by atoms with E-state index in [9.17, 15) is 32.8 Å². The summed E-state index contributed by atoms with van der Waals surface area (Å²) in [5, 5.41) is 10.8. The van der Waals surface area contributed by atoms with Gasteiger partial charge < -0.3 is 25.6 Å². The van der Waals surface area contributed by atoms with Crippen molar-refractivity contribution in [3.05, 3.63) is 10.4 Å². The summed E-state index contributed by atoms with van der Waals surface area (Å²) in [5.41, 5.74) is 7.40. The maximum Gasteiger partial charge on any atom is 0.267 e. The molecule has 0 radical (unpaired) electrons. The lowest BCUT2D eigenvalue weighted by Gasteiger charge is -2.30. The summed E-state index contributed by atoms with van der Waals surface area (Å²) < 4.78 is 34.4. The zero-order chi connectivity index (χ0) is 31.8. The van der Waals surface area contributed by atoms with E-state index in [0.29, 0.717) is 24.2 Å². The van der Waals surface area contributed by atoms with Crippen LogP contribution < -0.4 is 16.0 Å². The zero-order valence-corrected chi connectivity index (χ0v) is 25.1. The minimum Gasteiger partial charge on any atom is -0.361 e. The molecule has 1 saturated carbocycles. The number of hydrogen-bond acceptors (Lipinski definition) is 7. The molecule has 3 fully saturated rings. The fraction of sp³-hybridized carbons (Fsp3) is 0.821. The monoisotopic (exact) mass is 611 g/mol. The molecule has 0 aromatic carbocycles. The van der Waals surface area contributed by atoms with Crippen LogP contribution in [0.15, 0.2) is 5.11 Å². The number of halogens is 2. The highest BCUT2D eigenvalue weighted by Gasteiger charge is 2.52. The summed E-state index contributed by atoms with van der Waals surface area (Å²) in [6, 6.07) is -4.79. The first-order chi connectivity index (χ1) is 20.3. The van der Waals surface area contributed by atoms with Gasteiger partial charge in [-0.2, -0.15) is 0 Å². The molecule has 4 amide bonds. The molecule has 5 atom stereocenters. The van der Waals surface area contributed by atoms with Gasteiger partial charge in [0.2, 0.25) is 23.6 Å². The Morgan fingerprint density at radius 3 is 2.37 bits per heavy atom. The van der Waals surface area contributed by atoms with Crippen LogP contribution in [-0.2, 0) is 28.7 Å². The van der Waals surface area contributed by atoms with Crippen molar-refractivity contribution in [1.29, 1.82) is 0 Å². The van der Waals surface area contributed by atoms with Gasteiger partial charge >= 0.3 is 0 Å². The Morgan fingerprint density at radius 1 is 1.09 bits per heavy atom. The topological polar surface area (TPSA) is 186 Å². The van der Waals surface area contributed by atoms with Crippen molar-refractivity contribution in [1.82, 2.24) is 20.9 Å². The molecule has 3 aliphatic rings. The van der Waals surface area contributed by atoms with Gasteiger partial charge in [-0.25, -0.2) is 8.78 Å². The normalized spacial score (nSPS) is 25.0. The molecule has 15 heteroatoms. The first-order valence-electron chi connectivity index (χ1n) is 15.1. The van der Waals surface area contributed by atoms with E-state index in [1.807, 2.05) is 6.92 Å². The first kappa shape index (κ1) is 34.2. The molecule has 43 heavy (non-hydrogen) atoms. The van der Waals surface area contributed by atoms with Crippen molar-refractivity contribution in [3.8, 4) is 0 Å². The van der Waals surface area contributed by atoms with Crippen LogP contribution in [0.2, 0.25) is 0 Å². The number of unbranched alkanes of at least 4 members (excludes halogenated alkanes) is 1. The Balaban J connectivity index is 1.73. The fourth-order valence-corrected chi connectivity index (χ4v) is 5.80. The predicted octanol–water partition coefficient (Wildman–Crippen LogP) is 2.53. The van der Waals surface area contributed by atoms with E-state index in [-0.39, 0.29) is 24.7 Å². The Kier molecular flexibility index (Phi) is 11.9. The third-order valence-corrected chi connectivity index (χ3v) is 8.39. The molecule has 240 valence electrons. The number of amides is 4. The SMILES string of the molecule is CCCCC(NC(=O)C1CC(F)(F)CN1C(=O)C(C)NC(=O)CN=[N+]=[N-])C(=O)NC(CC1CCCCC1)C(=O)C1(C)CO1. The maximum absolute atomic E-state index is 14.5. The number of rotatable bonds is 15. The molecule has 13 nitrogen and oxygen atoms in total. The van der Waals surface area contributed by atoms with Crippen molar-refractivity contribution in [2.75, 3.05) is 19.7 Å². The number of ether oxygens (including phenoxy) is 1. The molecule has 3 N–H and O–H groups in total. The van der Waals surface area contributed by atoms with E-state index in [2.05, 4.69) is 26.0 Å². The van der Waals surface area contributed by atoms with Gasteiger partial charge in [-0.15, -0.1) is 0 Å². The summed E-state index contributed by atoms with van der Waals surface area (Å²) in [6.07, 6.45) is 6.09. The van der Waals surface area contributed by atoms with E-state index in [1.165, 1.54) is 6.92 Å². The van der Waals surface area contributed by atoms with E-state index >= 15 is 0 Å². The summed E-state index contributed by atoms with van der Waals surface area (Å²) in [5.74, 6) is -6.56. The van der Waals surface area contributed by atoms with Crippen molar-refractivity contribution >= 4 is 29.4 Å². The first-order valence-corrected chi connectivity index (χ1v) is 15.1. The number of nitrogens with zero attached hydrogens (tertiary/aromatic N) is 4. The highest BCUT2D eigenvalue weighted by molar-refractivity contribution is 5.98. The molecule has 2 saturated heterocycles. The lowest BCUT2D eigenvalue weighted by atomic mass is 9.82. The molecule has 2 heterocycles. The number of alkyl halides is 2. The second kappa shape index (κ2) is 14.9. The molecule has 0 spiro atoms. The highest BCUT2D eigenvalue weighted by Crippen LogP contribution is 2.34. The fourth-order valence-electron chi connectivity index (χ4n) is 5.80. The highest BCUT2D eigenvalue weighted by atomic mass is 19.3. The van der Waals surface area contributed by atoms with Crippen molar-refractivity contribution in [3.63, 3.8) is 0 Å². The lowest BCUT2D eigenvalue weighted by molar-refractivity contribution is -0.142. The van der Waals surface area contributed by atoms with Crippen LogP contribution in [0, 0.1) is 5.92 Å². The van der Waals surface area contributed by atoms with Gasteiger partial charge in [0, 0.05) is 11.3 Å². The van der Waals surface area contributed by atoms with Crippen molar-refractivity contribution < 1.29 is 37.5 Å². The third-order valence-electron chi connectivity index (χ3n) is 8.39. The minimum atomic E-state index is -3.37. The van der Waals surface area contributed by atoms with Crippen LogP contribution >= 0.6 is 0 Å². The van der Waals surface area contributed by atoms with Crippen molar-refractivity contribution in [2.45, 2.75) is 121 Å². The van der Waals surface area contributed by atoms with E-state index in [4.69, 9.17) is 10.3 Å². The van der Waals surface area contributed by atoms with Gasteiger partial charge in [0.25, 0.3) is 5.92 Å². The van der Waals surface area contributed by atoms with Crippen LogP contribution in [0.5, 0.6) is 0 Å². The number of ketones is 1. The van der Waals surface area contributed by atoms with Gasteiger partial charge in [-0.3, -0.25) is 24.0 Å². The van der Waals surface area contributed by atoms with Crippen LogP contribution in [-0.4, -0.2) is 89.7 Å². The quantitative estimate of drug-likeness (QED) is 0.110. The largest absolute Gasteiger partial charge is 0.361 e. The maximum atomic E-state index is 14.5. The zero-order valence-electron chi connectivity index (χ0n) is 25.1. The summed E-state index contributed by atoms with van der Waals surface area (Å²) in [7, 11) is 0. The summed E-state index contributed by atoms with van der Waals surface area (Å²) in [4.78, 5) is 68.2. The van der Waals surface area contributed by atoms with E-state index in [1.54, 1.807) is 6.92 Å². The molecule has 2 aliphatic heterocycles. The van der Waals surface area contributed by atoms with Gasteiger partial charge in [-0.1, -0.05) is 57.0 Å². The van der Waals surface area contributed by atoms with E-state index in [0.717, 1.165) is 32.1 Å². The van der Waals surface area contributed by atoms with Crippen molar-refractivity contribution in [2.24, 2.45) is 11.0 Å². The van der Waals surface area contributed by atoms with Crippen LogP contribution in [0.25, 0.3) is 10.4 Å². The number of Topliss-reactive ketones (excluding diaryl/α,β-unsaturated/α-hetero) is 1. The van der Waals surface area contributed by atoms with Crippen LogP contribution in [0.3, 0.4) is 0 Å². The lowest BCUT2D eigenvalue weighted by Crippen LogP contribution is -2.57. The molecular weight excluding hydrogens is 568 g/mol. The van der Waals surface area contributed by atoms with Crippen LogP contribution in [0.4, 0.5) is 8.78 Å². The molecule has 1 aliphatic carbocycles. The van der Waals surface area contributed by atoms with Crippen LogP contribution in [0.1, 0.15) is 85.0 Å². The Labute approximate surface area is 249 Å². The van der Waals surface area contributed by atoms with Gasteiger partial charge in [0.15, 0.2) is 5.78 Å². The average molecular weight is 612 g/mol. The second-order valence-corrected chi connectivity index (χ2v) is 12.1. The molecule has 3 rings (SSSR count). The van der Waals surface area contributed by atoms with E-state index < -0.39 is 78.8 Å². The number of epoxide rings is 1. The molecule has 0 aromatic heterocycles. The molecule has 0 aromatic rings. The van der Waals surface area contributed by atoms with Gasteiger partial charge in [-0.05, 0) is 38.1 Å². The molecular formula is C28H43F2N7O6.